The van der Waals surface area contributed by atoms with Gasteiger partial charge in [-0.1, -0.05) is 140 Å². The van der Waals surface area contributed by atoms with Gasteiger partial charge in [0.25, 0.3) is 0 Å². The van der Waals surface area contributed by atoms with E-state index < -0.39 is 5.41 Å². The zero-order valence-electron chi connectivity index (χ0n) is 25.5. The number of imidazole rings is 1. The van der Waals surface area contributed by atoms with Crippen molar-refractivity contribution >= 4 is 11.0 Å². The molecular weight excluding hydrogens is 575 g/mol. The van der Waals surface area contributed by atoms with Crippen molar-refractivity contribution in [3.8, 4) is 39.3 Å². The Bertz CT molecular complexity index is 2390. The third-order valence-electron chi connectivity index (χ3n) is 9.58. The largest absolute Gasteiger partial charge is 0.292 e. The lowest BCUT2D eigenvalue weighted by Gasteiger charge is -2.34. The zero-order valence-corrected chi connectivity index (χ0v) is 25.5. The van der Waals surface area contributed by atoms with E-state index >= 15 is 0 Å². The van der Waals surface area contributed by atoms with E-state index in [4.69, 9.17) is 4.98 Å². The average Bonchev–Trinajstić information content (AvgIpc) is 3.68. The monoisotopic (exact) mass is 604 g/mol. The van der Waals surface area contributed by atoms with E-state index in [9.17, 15) is 4.39 Å². The molecular formula is C44H29FN2. The van der Waals surface area contributed by atoms with Crippen LogP contribution in [0.4, 0.5) is 4.39 Å². The Labute approximate surface area is 273 Å². The highest BCUT2D eigenvalue weighted by Gasteiger charge is 2.46. The van der Waals surface area contributed by atoms with Crippen LogP contribution in [-0.4, -0.2) is 9.55 Å². The van der Waals surface area contributed by atoms with Gasteiger partial charge >= 0.3 is 0 Å². The van der Waals surface area contributed by atoms with E-state index in [1.807, 2.05) is 30.3 Å². The van der Waals surface area contributed by atoms with Crippen LogP contribution in [0.25, 0.3) is 50.4 Å². The predicted molar refractivity (Wildman–Crippen MR) is 189 cm³/mol. The molecule has 1 heterocycles. The minimum Gasteiger partial charge on any atom is -0.292 e. The number of rotatable bonds is 5. The lowest BCUT2D eigenvalue weighted by molar-refractivity contribution is 0.625. The molecule has 0 bridgehead atoms. The first kappa shape index (κ1) is 27.3. The summed E-state index contributed by atoms with van der Waals surface area (Å²) >= 11 is 0. The minimum absolute atomic E-state index is 0.238. The molecule has 0 saturated carbocycles. The van der Waals surface area contributed by atoms with Crippen molar-refractivity contribution in [1.29, 1.82) is 0 Å². The number of hydrogen-bond acceptors (Lipinski definition) is 1. The molecule has 0 radical (unpaired) electrons. The van der Waals surface area contributed by atoms with Gasteiger partial charge in [-0.15, -0.1) is 0 Å². The molecule has 1 aliphatic carbocycles. The summed E-state index contributed by atoms with van der Waals surface area (Å²) in [5, 5.41) is 0. The van der Waals surface area contributed by atoms with E-state index in [0.717, 1.165) is 50.4 Å². The molecule has 1 aliphatic rings. The van der Waals surface area contributed by atoms with Crippen LogP contribution < -0.4 is 0 Å². The molecule has 0 N–H and O–H groups in total. The van der Waals surface area contributed by atoms with Gasteiger partial charge in [0.1, 0.15) is 11.6 Å². The van der Waals surface area contributed by atoms with Gasteiger partial charge in [0.2, 0.25) is 0 Å². The first-order valence-corrected chi connectivity index (χ1v) is 15.9. The maximum atomic E-state index is 14.3. The molecule has 0 saturated heterocycles. The van der Waals surface area contributed by atoms with Gasteiger partial charge in [0, 0.05) is 11.3 Å². The van der Waals surface area contributed by atoms with Gasteiger partial charge in [-0.05, 0) is 80.9 Å². The lowest BCUT2D eigenvalue weighted by Crippen LogP contribution is -2.28. The van der Waals surface area contributed by atoms with Gasteiger partial charge in [-0.2, -0.15) is 0 Å². The maximum absolute atomic E-state index is 14.3. The van der Waals surface area contributed by atoms with Crippen molar-refractivity contribution in [2.45, 2.75) is 5.41 Å². The van der Waals surface area contributed by atoms with Crippen molar-refractivity contribution in [2.24, 2.45) is 0 Å². The average molecular weight is 605 g/mol. The molecule has 0 amide bonds. The molecule has 9 rings (SSSR count). The Morgan fingerprint density at radius 2 is 1.06 bits per heavy atom. The Balaban J connectivity index is 1.24. The third kappa shape index (κ3) is 4.13. The van der Waals surface area contributed by atoms with Crippen molar-refractivity contribution in [2.75, 3.05) is 0 Å². The van der Waals surface area contributed by atoms with Gasteiger partial charge < -0.3 is 0 Å². The standard InChI is InChI=1S/C44H29FN2/c45-34-28-26-33(27-29-34)44(32-12-3-1-4-13-32)38-18-8-7-16-37(38)42-36(17-11-19-39(42)44)30-22-24-31(25-23-30)43-46-40-20-9-10-21-41(40)47(43)35-14-5-2-6-15-35/h1-29H. The molecule has 0 spiro atoms. The van der Waals surface area contributed by atoms with E-state index in [1.165, 1.54) is 22.3 Å². The summed E-state index contributed by atoms with van der Waals surface area (Å²) in [5.41, 5.74) is 12.9. The van der Waals surface area contributed by atoms with Gasteiger partial charge in [0.05, 0.1) is 16.4 Å². The van der Waals surface area contributed by atoms with Crippen molar-refractivity contribution in [1.82, 2.24) is 9.55 Å². The molecule has 2 nitrogen and oxygen atoms in total. The number of fused-ring (bicyclic) bond motifs is 4. The third-order valence-corrected chi connectivity index (χ3v) is 9.58. The second-order valence-corrected chi connectivity index (χ2v) is 12.1. The summed E-state index contributed by atoms with van der Waals surface area (Å²) in [6, 6.07) is 60.4. The van der Waals surface area contributed by atoms with E-state index in [1.54, 1.807) is 12.1 Å². The summed E-state index contributed by atoms with van der Waals surface area (Å²) in [6.07, 6.45) is 0. The lowest BCUT2D eigenvalue weighted by atomic mass is 9.67. The Kier molecular flexibility index (Phi) is 6.26. The highest BCUT2D eigenvalue weighted by molar-refractivity contribution is 5.95. The number of nitrogens with zero attached hydrogens (tertiary/aromatic N) is 2. The van der Waals surface area contributed by atoms with Gasteiger partial charge in [-0.25, -0.2) is 9.37 Å². The molecule has 222 valence electrons. The van der Waals surface area contributed by atoms with Crippen LogP contribution in [0.2, 0.25) is 0 Å². The maximum Gasteiger partial charge on any atom is 0.145 e. The number of para-hydroxylation sites is 3. The van der Waals surface area contributed by atoms with Crippen LogP contribution in [-0.2, 0) is 5.41 Å². The van der Waals surface area contributed by atoms with Crippen LogP contribution in [0.15, 0.2) is 176 Å². The number of hydrogen-bond donors (Lipinski definition) is 0. The number of aromatic nitrogens is 2. The number of benzene rings is 7. The van der Waals surface area contributed by atoms with Crippen LogP contribution in [0, 0.1) is 5.82 Å². The molecule has 1 atom stereocenters. The quantitative estimate of drug-likeness (QED) is 0.191. The predicted octanol–water partition coefficient (Wildman–Crippen LogP) is 10.9. The van der Waals surface area contributed by atoms with Crippen LogP contribution >= 0.6 is 0 Å². The molecule has 0 fully saturated rings. The summed E-state index contributed by atoms with van der Waals surface area (Å²) in [6.45, 7) is 0. The summed E-state index contributed by atoms with van der Waals surface area (Å²) in [4.78, 5) is 5.08. The Hall–Kier alpha value is -6.06. The fourth-order valence-corrected chi connectivity index (χ4v) is 7.60. The fraction of sp³-hybridized carbons (Fsp3) is 0.0227. The zero-order chi connectivity index (χ0) is 31.4. The van der Waals surface area contributed by atoms with E-state index in [0.29, 0.717) is 0 Å². The second-order valence-electron chi connectivity index (χ2n) is 12.1. The Morgan fingerprint density at radius 1 is 0.468 bits per heavy atom. The molecule has 1 aromatic heterocycles. The molecule has 7 aromatic carbocycles. The summed E-state index contributed by atoms with van der Waals surface area (Å²) < 4.78 is 16.5. The van der Waals surface area contributed by atoms with Gasteiger partial charge in [-0.3, -0.25) is 4.57 Å². The normalized spacial score (nSPS) is 15.0. The SMILES string of the molecule is Fc1ccc(C2(c3ccccc3)c3ccccc3-c3c(-c4ccc(-c5nc6ccccc6n5-c5ccccc5)cc4)cccc32)cc1. The van der Waals surface area contributed by atoms with Crippen LogP contribution in [0.1, 0.15) is 22.3 Å². The van der Waals surface area contributed by atoms with Crippen LogP contribution in [0.3, 0.4) is 0 Å². The highest BCUT2D eigenvalue weighted by atomic mass is 19.1. The smallest absolute Gasteiger partial charge is 0.145 e. The first-order chi connectivity index (χ1) is 23.2. The summed E-state index contributed by atoms with van der Waals surface area (Å²) in [7, 11) is 0. The van der Waals surface area contributed by atoms with E-state index in [-0.39, 0.29) is 5.82 Å². The Morgan fingerprint density at radius 3 is 1.85 bits per heavy atom. The second kappa shape index (κ2) is 10.8. The summed E-state index contributed by atoms with van der Waals surface area (Å²) in [5.74, 6) is 0.671. The minimum atomic E-state index is -0.586. The van der Waals surface area contributed by atoms with Crippen LogP contribution in [0.5, 0.6) is 0 Å². The van der Waals surface area contributed by atoms with Gasteiger partial charge in [0.15, 0.2) is 0 Å². The highest BCUT2D eigenvalue weighted by Crippen LogP contribution is 2.58. The van der Waals surface area contributed by atoms with E-state index in [2.05, 4.69) is 138 Å². The molecule has 8 aromatic rings. The molecule has 3 heteroatoms. The van der Waals surface area contributed by atoms with Crippen molar-refractivity contribution in [3.63, 3.8) is 0 Å². The molecule has 0 aliphatic heterocycles. The number of halogens is 1. The molecule has 1 unspecified atom stereocenters. The fourth-order valence-electron chi connectivity index (χ4n) is 7.60. The van der Waals surface area contributed by atoms with Crippen molar-refractivity contribution < 1.29 is 4.39 Å². The first-order valence-electron chi connectivity index (χ1n) is 15.9. The van der Waals surface area contributed by atoms with Crippen molar-refractivity contribution in [3.05, 3.63) is 204 Å². The topological polar surface area (TPSA) is 17.8 Å². The molecule has 47 heavy (non-hydrogen) atoms.